The summed E-state index contributed by atoms with van der Waals surface area (Å²) in [4.78, 5) is 24.1. The van der Waals surface area contributed by atoms with Crippen LogP contribution in [0.25, 0.3) is 0 Å². The number of benzene rings is 1. The molecule has 0 N–H and O–H groups in total. The maximum Gasteiger partial charge on any atom is 0.397 e. The van der Waals surface area contributed by atoms with Crippen molar-refractivity contribution in [3.05, 3.63) is 29.8 Å². The van der Waals surface area contributed by atoms with Crippen LogP contribution >= 0.6 is 0 Å². The number of cyclic esters (lactones) is 1. The average molecular weight is 235 g/mol. The van der Waals surface area contributed by atoms with E-state index >= 15 is 0 Å². The standard InChI is InChI=1S/C12H13NO4/c1-16-10-5-3-2-4-9(10)8-13-6-7-17-12(15)11(13)14/h2-5H,6-8H2,1H3. The number of carbonyl (C=O) groups is 2. The first-order chi connectivity index (χ1) is 8.22. The van der Waals surface area contributed by atoms with Crippen LogP contribution in [0.4, 0.5) is 0 Å². The third-order valence-electron chi connectivity index (χ3n) is 2.61. The lowest BCUT2D eigenvalue weighted by molar-refractivity contribution is -0.166. The molecule has 1 aliphatic rings. The lowest BCUT2D eigenvalue weighted by atomic mass is 10.2. The molecule has 0 bridgehead atoms. The van der Waals surface area contributed by atoms with Crippen molar-refractivity contribution in [2.45, 2.75) is 6.54 Å². The fourth-order valence-electron chi connectivity index (χ4n) is 1.73. The molecule has 0 unspecified atom stereocenters. The summed E-state index contributed by atoms with van der Waals surface area (Å²) in [5.74, 6) is -0.674. The molecule has 0 atom stereocenters. The first kappa shape index (κ1) is 11.4. The second-order valence-electron chi connectivity index (χ2n) is 3.67. The molecule has 5 nitrogen and oxygen atoms in total. The molecule has 2 rings (SSSR count). The molecule has 0 aromatic heterocycles. The number of amides is 1. The first-order valence-corrected chi connectivity index (χ1v) is 5.30. The van der Waals surface area contributed by atoms with E-state index in [-0.39, 0.29) is 6.61 Å². The number of para-hydroxylation sites is 1. The van der Waals surface area contributed by atoms with E-state index in [1.165, 1.54) is 4.90 Å². The zero-order valence-corrected chi connectivity index (χ0v) is 9.51. The van der Waals surface area contributed by atoms with Crippen LogP contribution in [0.2, 0.25) is 0 Å². The monoisotopic (exact) mass is 235 g/mol. The van der Waals surface area contributed by atoms with Gasteiger partial charge in [0.25, 0.3) is 0 Å². The first-order valence-electron chi connectivity index (χ1n) is 5.30. The number of hydrogen-bond donors (Lipinski definition) is 0. The second-order valence-corrected chi connectivity index (χ2v) is 3.67. The lowest BCUT2D eigenvalue weighted by Crippen LogP contribution is -2.44. The number of carbonyl (C=O) groups excluding carboxylic acids is 2. The molecule has 0 aliphatic carbocycles. The summed E-state index contributed by atoms with van der Waals surface area (Å²) in [7, 11) is 1.57. The smallest absolute Gasteiger partial charge is 0.397 e. The fourth-order valence-corrected chi connectivity index (χ4v) is 1.73. The molecule has 5 heteroatoms. The highest BCUT2D eigenvalue weighted by molar-refractivity contribution is 6.32. The number of ether oxygens (including phenoxy) is 2. The van der Waals surface area contributed by atoms with Gasteiger partial charge in [0.15, 0.2) is 0 Å². The van der Waals surface area contributed by atoms with Gasteiger partial charge in [-0.05, 0) is 6.07 Å². The number of morpholine rings is 1. The van der Waals surface area contributed by atoms with E-state index in [2.05, 4.69) is 4.74 Å². The van der Waals surface area contributed by atoms with E-state index in [9.17, 15) is 9.59 Å². The van der Waals surface area contributed by atoms with Crippen molar-refractivity contribution in [3.63, 3.8) is 0 Å². The molecule has 17 heavy (non-hydrogen) atoms. The van der Waals surface area contributed by atoms with E-state index in [1.54, 1.807) is 7.11 Å². The number of esters is 1. The third kappa shape index (κ3) is 2.38. The minimum Gasteiger partial charge on any atom is -0.496 e. The topological polar surface area (TPSA) is 55.8 Å². The van der Waals surface area contributed by atoms with Crippen molar-refractivity contribution < 1.29 is 19.1 Å². The van der Waals surface area contributed by atoms with Gasteiger partial charge in [-0.15, -0.1) is 0 Å². The molecule has 1 aromatic rings. The SMILES string of the molecule is COc1ccccc1CN1CCOC(=O)C1=O. The van der Waals surface area contributed by atoms with Crippen LogP contribution in [0.3, 0.4) is 0 Å². The van der Waals surface area contributed by atoms with Gasteiger partial charge in [0.1, 0.15) is 12.4 Å². The van der Waals surface area contributed by atoms with Crippen LogP contribution in [-0.4, -0.2) is 37.0 Å². The predicted molar refractivity (Wildman–Crippen MR) is 59.4 cm³/mol. The third-order valence-corrected chi connectivity index (χ3v) is 2.61. The Hall–Kier alpha value is -2.04. The quantitative estimate of drug-likeness (QED) is 0.568. The van der Waals surface area contributed by atoms with Gasteiger partial charge >= 0.3 is 11.9 Å². The van der Waals surface area contributed by atoms with Gasteiger partial charge in [0.05, 0.1) is 13.7 Å². The molecule has 0 saturated carbocycles. The van der Waals surface area contributed by atoms with E-state index in [1.807, 2.05) is 24.3 Å². The Morgan fingerprint density at radius 3 is 2.88 bits per heavy atom. The molecule has 1 heterocycles. The van der Waals surface area contributed by atoms with Gasteiger partial charge in [0, 0.05) is 12.1 Å². The van der Waals surface area contributed by atoms with Crippen LogP contribution in [-0.2, 0) is 20.9 Å². The van der Waals surface area contributed by atoms with Crippen molar-refractivity contribution in [3.8, 4) is 5.75 Å². The Morgan fingerprint density at radius 2 is 2.12 bits per heavy atom. The lowest BCUT2D eigenvalue weighted by Gasteiger charge is -2.26. The van der Waals surface area contributed by atoms with Gasteiger partial charge in [-0.2, -0.15) is 0 Å². The maximum atomic E-state index is 11.5. The Balaban J connectivity index is 2.14. The molecule has 1 saturated heterocycles. The number of methoxy groups -OCH3 is 1. The summed E-state index contributed by atoms with van der Waals surface area (Å²) in [5, 5.41) is 0. The predicted octanol–water partition coefficient (Wildman–Crippen LogP) is 0.581. The zero-order chi connectivity index (χ0) is 12.3. The highest BCUT2D eigenvalue weighted by Gasteiger charge is 2.28. The molecule has 1 amide bonds. The van der Waals surface area contributed by atoms with Gasteiger partial charge in [0.2, 0.25) is 0 Å². The molecule has 1 fully saturated rings. The Morgan fingerprint density at radius 1 is 1.35 bits per heavy atom. The zero-order valence-electron chi connectivity index (χ0n) is 9.51. The second kappa shape index (κ2) is 4.86. The highest BCUT2D eigenvalue weighted by Crippen LogP contribution is 2.19. The number of rotatable bonds is 3. The van der Waals surface area contributed by atoms with Crippen molar-refractivity contribution >= 4 is 11.9 Å². The van der Waals surface area contributed by atoms with Crippen LogP contribution in [0.15, 0.2) is 24.3 Å². The van der Waals surface area contributed by atoms with Crippen molar-refractivity contribution in [1.29, 1.82) is 0 Å². The van der Waals surface area contributed by atoms with Crippen LogP contribution < -0.4 is 4.74 Å². The van der Waals surface area contributed by atoms with Gasteiger partial charge in [-0.3, -0.25) is 4.79 Å². The minimum absolute atomic E-state index is 0.250. The summed E-state index contributed by atoms with van der Waals surface area (Å²) in [6.07, 6.45) is 0. The minimum atomic E-state index is -0.786. The van der Waals surface area contributed by atoms with Gasteiger partial charge in [-0.25, -0.2) is 4.79 Å². The number of hydrogen-bond acceptors (Lipinski definition) is 4. The fraction of sp³-hybridized carbons (Fsp3) is 0.333. The highest BCUT2D eigenvalue weighted by atomic mass is 16.5. The largest absolute Gasteiger partial charge is 0.496 e. The number of nitrogens with zero attached hydrogens (tertiary/aromatic N) is 1. The Kier molecular flexibility index (Phi) is 3.27. The van der Waals surface area contributed by atoms with Crippen LogP contribution in [0.5, 0.6) is 5.75 Å². The van der Waals surface area contributed by atoms with Crippen molar-refractivity contribution in [2.75, 3.05) is 20.3 Å². The molecular weight excluding hydrogens is 222 g/mol. The molecule has 1 aliphatic heterocycles. The van der Waals surface area contributed by atoms with Crippen LogP contribution in [0, 0.1) is 0 Å². The van der Waals surface area contributed by atoms with E-state index in [0.29, 0.717) is 18.8 Å². The molecule has 0 spiro atoms. The van der Waals surface area contributed by atoms with E-state index in [0.717, 1.165) is 5.56 Å². The van der Waals surface area contributed by atoms with E-state index in [4.69, 9.17) is 4.74 Å². The molecular formula is C12H13NO4. The van der Waals surface area contributed by atoms with Crippen molar-refractivity contribution in [1.82, 2.24) is 4.90 Å². The van der Waals surface area contributed by atoms with Crippen LogP contribution in [0.1, 0.15) is 5.56 Å². The Labute approximate surface area is 98.9 Å². The maximum absolute atomic E-state index is 11.5. The molecule has 90 valence electrons. The summed E-state index contributed by atoms with van der Waals surface area (Å²) in [6, 6.07) is 7.41. The molecule has 1 aromatic carbocycles. The van der Waals surface area contributed by atoms with Crippen molar-refractivity contribution in [2.24, 2.45) is 0 Å². The van der Waals surface area contributed by atoms with Gasteiger partial charge < -0.3 is 14.4 Å². The normalized spacial score (nSPS) is 15.7. The summed E-state index contributed by atoms with van der Waals surface area (Å²) < 4.78 is 9.85. The molecule has 0 radical (unpaired) electrons. The Bertz CT molecular complexity index is 444. The summed E-state index contributed by atoms with van der Waals surface area (Å²) in [6.45, 7) is 1.03. The average Bonchev–Trinajstić information content (AvgIpc) is 2.35. The van der Waals surface area contributed by atoms with E-state index < -0.39 is 11.9 Å². The summed E-state index contributed by atoms with van der Waals surface area (Å²) >= 11 is 0. The summed E-state index contributed by atoms with van der Waals surface area (Å²) in [5.41, 5.74) is 0.873. The van der Waals surface area contributed by atoms with Gasteiger partial charge in [-0.1, -0.05) is 18.2 Å².